The predicted molar refractivity (Wildman–Crippen MR) is 78.6 cm³/mol. The molecule has 1 unspecified atom stereocenters. The van der Waals surface area contributed by atoms with E-state index in [2.05, 4.69) is 54.0 Å². The van der Waals surface area contributed by atoms with E-state index in [4.69, 9.17) is 4.98 Å². The Balaban J connectivity index is 2.38. The molecule has 0 bridgehead atoms. The highest BCUT2D eigenvalue weighted by Crippen LogP contribution is 2.25. The van der Waals surface area contributed by atoms with Gasteiger partial charge in [-0.2, -0.15) is 0 Å². The maximum Gasteiger partial charge on any atom is 0.195 e. The molecule has 0 radical (unpaired) electrons. The van der Waals surface area contributed by atoms with Gasteiger partial charge in [0.15, 0.2) is 10.8 Å². The van der Waals surface area contributed by atoms with Crippen molar-refractivity contribution in [1.82, 2.24) is 14.7 Å². The molecule has 2 aromatic rings. The molecule has 5 heteroatoms. The lowest BCUT2D eigenvalue weighted by molar-refractivity contribution is 0.646. The van der Waals surface area contributed by atoms with Gasteiger partial charge in [-0.05, 0) is 19.9 Å². The van der Waals surface area contributed by atoms with Gasteiger partial charge in [0.1, 0.15) is 0 Å². The molecule has 0 aliphatic carbocycles. The van der Waals surface area contributed by atoms with Gasteiger partial charge in [0, 0.05) is 31.2 Å². The number of nitrogens with zero attached hydrogens (tertiary/aromatic N) is 3. The fraction of sp³-hybridized carbons (Fsp3) is 0.615. The molecule has 0 spiro atoms. The van der Waals surface area contributed by atoms with E-state index < -0.39 is 0 Å². The van der Waals surface area contributed by atoms with E-state index in [9.17, 15) is 0 Å². The Bertz CT molecular complexity index is 502. The zero-order valence-electron chi connectivity index (χ0n) is 11.6. The third-order valence-electron chi connectivity index (χ3n) is 3.47. The van der Waals surface area contributed by atoms with Crippen LogP contribution in [0.25, 0.3) is 4.96 Å². The third-order valence-corrected chi connectivity index (χ3v) is 4.23. The van der Waals surface area contributed by atoms with E-state index in [1.54, 1.807) is 11.3 Å². The highest BCUT2D eigenvalue weighted by atomic mass is 32.1. The first-order valence-electron chi connectivity index (χ1n) is 6.57. The molecule has 0 saturated carbocycles. The van der Waals surface area contributed by atoms with Crippen LogP contribution >= 0.6 is 11.3 Å². The molecular formula is C13H22N4S. The summed E-state index contributed by atoms with van der Waals surface area (Å²) in [5.74, 6) is 1.11. The molecule has 0 fully saturated rings. The Hall–Kier alpha value is -1.07. The van der Waals surface area contributed by atoms with Gasteiger partial charge in [0.05, 0.1) is 5.69 Å². The van der Waals surface area contributed by atoms with Crippen LogP contribution in [0.5, 0.6) is 0 Å². The fourth-order valence-electron chi connectivity index (χ4n) is 1.99. The largest absolute Gasteiger partial charge is 0.355 e. The average molecular weight is 266 g/mol. The minimum absolute atomic E-state index is 0.509. The van der Waals surface area contributed by atoms with Crippen molar-refractivity contribution in [3.63, 3.8) is 0 Å². The zero-order chi connectivity index (χ0) is 13.1. The first-order chi connectivity index (χ1) is 8.69. The van der Waals surface area contributed by atoms with Crippen molar-refractivity contribution in [3.05, 3.63) is 17.3 Å². The van der Waals surface area contributed by atoms with Gasteiger partial charge in [-0.1, -0.05) is 13.8 Å². The van der Waals surface area contributed by atoms with Crippen molar-refractivity contribution < 1.29 is 0 Å². The molecule has 2 aromatic heterocycles. The number of nitrogens with one attached hydrogen (secondary N) is 1. The van der Waals surface area contributed by atoms with Gasteiger partial charge in [0.25, 0.3) is 0 Å². The Morgan fingerprint density at radius 3 is 2.94 bits per heavy atom. The van der Waals surface area contributed by atoms with Crippen LogP contribution in [0.1, 0.15) is 32.9 Å². The summed E-state index contributed by atoms with van der Waals surface area (Å²) in [6, 6.07) is 0.509. The normalized spacial score (nSPS) is 13.1. The molecule has 0 aliphatic heterocycles. The number of rotatable bonds is 6. The Morgan fingerprint density at radius 1 is 1.50 bits per heavy atom. The molecule has 2 heterocycles. The van der Waals surface area contributed by atoms with Crippen LogP contribution in [0.2, 0.25) is 0 Å². The van der Waals surface area contributed by atoms with Crippen molar-refractivity contribution in [3.8, 4) is 0 Å². The van der Waals surface area contributed by atoms with E-state index in [1.165, 1.54) is 5.69 Å². The number of aromatic nitrogens is 2. The standard InChI is InChI=1S/C13H22N4S/c1-5-10(3)16(4)12-11(9-14-6-2)17-7-8-18-13(17)15-12/h7-8,10,14H,5-6,9H2,1-4H3. The lowest BCUT2D eigenvalue weighted by Gasteiger charge is -2.25. The summed E-state index contributed by atoms with van der Waals surface area (Å²) in [6.45, 7) is 8.42. The van der Waals surface area contributed by atoms with Gasteiger partial charge >= 0.3 is 0 Å². The Labute approximate surface area is 113 Å². The highest BCUT2D eigenvalue weighted by Gasteiger charge is 2.18. The Kier molecular flexibility index (Phi) is 4.24. The number of hydrogen-bond acceptors (Lipinski definition) is 4. The predicted octanol–water partition coefficient (Wildman–Crippen LogP) is 2.74. The second-order valence-corrected chi connectivity index (χ2v) is 5.46. The SMILES string of the molecule is CCNCc1c(N(C)C(C)CC)nc2sccn12. The second-order valence-electron chi connectivity index (χ2n) is 4.59. The number of fused-ring (bicyclic) bond motifs is 1. The molecule has 0 aliphatic rings. The summed E-state index contributed by atoms with van der Waals surface area (Å²) in [4.78, 5) is 8.12. The van der Waals surface area contributed by atoms with Crippen molar-refractivity contribution in [2.24, 2.45) is 0 Å². The molecule has 18 heavy (non-hydrogen) atoms. The molecule has 100 valence electrons. The Morgan fingerprint density at radius 2 is 2.28 bits per heavy atom. The van der Waals surface area contributed by atoms with E-state index in [-0.39, 0.29) is 0 Å². The lowest BCUT2D eigenvalue weighted by atomic mass is 10.2. The number of thiazole rings is 1. The molecule has 1 N–H and O–H groups in total. The number of hydrogen-bond donors (Lipinski definition) is 1. The smallest absolute Gasteiger partial charge is 0.195 e. The number of imidazole rings is 1. The highest BCUT2D eigenvalue weighted by molar-refractivity contribution is 7.15. The molecule has 1 atom stereocenters. The van der Waals surface area contributed by atoms with Crippen LogP contribution in [0.15, 0.2) is 11.6 Å². The van der Waals surface area contributed by atoms with Gasteiger partial charge < -0.3 is 10.2 Å². The van der Waals surface area contributed by atoms with Gasteiger partial charge in [0.2, 0.25) is 0 Å². The number of anilines is 1. The van der Waals surface area contributed by atoms with Crippen LogP contribution in [-0.4, -0.2) is 29.0 Å². The van der Waals surface area contributed by atoms with Crippen LogP contribution in [0.3, 0.4) is 0 Å². The van der Waals surface area contributed by atoms with Crippen molar-refractivity contribution in [2.45, 2.75) is 39.8 Å². The van der Waals surface area contributed by atoms with E-state index in [0.717, 1.165) is 30.3 Å². The summed E-state index contributed by atoms with van der Waals surface area (Å²) in [5.41, 5.74) is 1.26. The summed E-state index contributed by atoms with van der Waals surface area (Å²) in [7, 11) is 2.13. The molecular weight excluding hydrogens is 244 g/mol. The average Bonchev–Trinajstić information content (AvgIpc) is 2.95. The van der Waals surface area contributed by atoms with Crippen molar-refractivity contribution >= 4 is 22.1 Å². The first-order valence-corrected chi connectivity index (χ1v) is 7.44. The van der Waals surface area contributed by atoms with Crippen LogP contribution in [0, 0.1) is 0 Å². The topological polar surface area (TPSA) is 32.6 Å². The summed E-state index contributed by atoms with van der Waals surface area (Å²) >= 11 is 1.69. The summed E-state index contributed by atoms with van der Waals surface area (Å²) in [5, 5.41) is 5.49. The summed E-state index contributed by atoms with van der Waals surface area (Å²) in [6.07, 6.45) is 3.23. The van der Waals surface area contributed by atoms with Crippen molar-refractivity contribution in [2.75, 3.05) is 18.5 Å². The van der Waals surface area contributed by atoms with Crippen LogP contribution in [-0.2, 0) is 6.54 Å². The molecule has 2 rings (SSSR count). The zero-order valence-corrected chi connectivity index (χ0v) is 12.4. The molecule has 0 aromatic carbocycles. The van der Waals surface area contributed by atoms with E-state index in [0.29, 0.717) is 6.04 Å². The quantitative estimate of drug-likeness (QED) is 0.872. The van der Waals surface area contributed by atoms with Gasteiger partial charge in [-0.15, -0.1) is 11.3 Å². The maximum absolute atomic E-state index is 4.76. The minimum Gasteiger partial charge on any atom is -0.355 e. The van der Waals surface area contributed by atoms with E-state index >= 15 is 0 Å². The van der Waals surface area contributed by atoms with Crippen LogP contribution in [0.4, 0.5) is 5.82 Å². The van der Waals surface area contributed by atoms with Gasteiger partial charge in [-0.25, -0.2) is 4.98 Å². The summed E-state index contributed by atoms with van der Waals surface area (Å²) < 4.78 is 2.20. The van der Waals surface area contributed by atoms with Crippen LogP contribution < -0.4 is 10.2 Å². The third kappa shape index (κ3) is 2.37. The fourth-order valence-corrected chi connectivity index (χ4v) is 2.72. The monoisotopic (exact) mass is 266 g/mol. The van der Waals surface area contributed by atoms with Crippen molar-refractivity contribution in [1.29, 1.82) is 0 Å². The molecule has 0 saturated heterocycles. The van der Waals surface area contributed by atoms with Gasteiger partial charge in [-0.3, -0.25) is 4.40 Å². The molecule has 4 nitrogen and oxygen atoms in total. The maximum atomic E-state index is 4.76. The first kappa shape index (κ1) is 13.4. The van der Waals surface area contributed by atoms with E-state index in [1.807, 2.05) is 0 Å². The minimum atomic E-state index is 0.509. The lowest BCUT2D eigenvalue weighted by Crippen LogP contribution is -2.30. The molecule has 0 amide bonds. The second kappa shape index (κ2) is 5.71.